The highest BCUT2D eigenvalue weighted by molar-refractivity contribution is 5.68. The van der Waals surface area contributed by atoms with Crippen molar-refractivity contribution in [3.63, 3.8) is 0 Å². The van der Waals surface area contributed by atoms with E-state index in [1.54, 1.807) is 6.08 Å². The van der Waals surface area contributed by atoms with E-state index in [0.29, 0.717) is 0 Å². The summed E-state index contributed by atoms with van der Waals surface area (Å²) in [5, 5.41) is 6.64. The van der Waals surface area contributed by atoms with Crippen molar-refractivity contribution in [3.8, 4) is 0 Å². The van der Waals surface area contributed by atoms with Crippen LogP contribution in [-0.2, 0) is 0 Å². The maximum atomic E-state index is 6.64. The number of allylic oxidation sites excluding steroid dienone is 2. The quantitative estimate of drug-likeness (QED) is 0.509. The molecule has 0 aliphatic rings. The molecule has 7 heavy (non-hydrogen) atoms. The molecule has 0 atom stereocenters. The van der Waals surface area contributed by atoms with Crippen LogP contribution in [0.2, 0.25) is 0 Å². The fourth-order valence-corrected chi connectivity index (χ4v) is 0.260. The maximum Gasteiger partial charge on any atom is 0.0177 e. The molecule has 0 bridgehead atoms. The van der Waals surface area contributed by atoms with Gasteiger partial charge in [0, 0.05) is 6.21 Å². The first-order chi connectivity index (χ1) is 3.31. The van der Waals surface area contributed by atoms with Gasteiger partial charge in [0.1, 0.15) is 0 Å². The highest BCUT2D eigenvalue weighted by atomic mass is 14.3. The van der Waals surface area contributed by atoms with Crippen molar-refractivity contribution in [2.45, 2.75) is 20.3 Å². The van der Waals surface area contributed by atoms with Crippen LogP contribution in [0.5, 0.6) is 0 Å². The predicted molar refractivity (Wildman–Crippen MR) is 32.8 cm³/mol. The Morgan fingerprint density at radius 1 is 1.71 bits per heavy atom. The smallest absolute Gasteiger partial charge is 0.0177 e. The fourth-order valence-electron chi connectivity index (χ4n) is 0.260. The number of nitrogens with one attached hydrogen (secondary N) is 1. The lowest BCUT2D eigenvalue weighted by atomic mass is 10.2. The lowest BCUT2D eigenvalue weighted by Gasteiger charge is -1.85. The van der Waals surface area contributed by atoms with Gasteiger partial charge in [-0.2, -0.15) is 0 Å². The van der Waals surface area contributed by atoms with Gasteiger partial charge in [-0.1, -0.05) is 12.5 Å². The van der Waals surface area contributed by atoms with Gasteiger partial charge < -0.3 is 5.41 Å². The Balaban J connectivity index is 3.49. The summed E-state index contributed by atoms with van der Waals surface area (Å²) in [5.41, 5.74) is 1.26. The molecule has 0 aromatic heterocycles. The average molecular weight is 97.2 g/mol. The summed E-state index contributed by atoms with van der Waals surface area (Å²) in [6.07, 6.45) is 4.17. The molecule has 0 saturated carbocycles. The number of hydrogen-bond acceptors (Lipinski definition) is 1. The second-order valence-electron chi connectivity index (χ2n) is 1.53. The SMILES string of the molecule is CCC(C)=CC=N. The highest BCUT2D eigenvalue weighted by Gasteiger charge is 1.75. The second kappa shape index (κ2) is 3.59. The van der Waals surface area contributed by atoms with E-state index in [2.05, 4.69) is 6.92 Å². The van der Waals surface area contributed by atoms with Crippen LogP contribution in [0, 0.1) is 5.41 Å². The monoisotopic (exact) mass is 97.1 g/mol. The van der Waals surface area contributed by atoms with Gasteiger partial charge in [0.15, 0.2) is 0 Å². The zero-order chi connectivity index (χ0) is 5.70. The minimum atomic E-state index is 1.05. The van der Waals surface area contributed by atoms with Gasteiger partial charge in [0.25, 0.3) is 0 Å². The van der Waals surface area contributed by atoms with E-state index in [4.69, 9.17) is 5.41 Å². The minimum absolute atomic E-state index is 1.05. The predicted octanol–water partition coefficient (Wildman–Crippen LogP) is 1.99. The van der Waals surface area contributed by atoms with E-state index in [0.717, 1.165) is 6.42 Å². The molecule has 0 fully saturated rings. The standard InChI is InChI=1S/C6H11N/c1-3-6(2)4-5-7/h4-5,7H,3H2,1-2H3. The van der Waals surface area contributed by atoms with Crippen LogP contribution in [0.4, 0.5) is 0 Å². The third kappa shape index (κ3) is 3.23. The zero-order valence-corrected chi connectivity index (χ0v) is 4.86. The lowest BCUT2D eigenvalue weighted by Crippen LogP contribution is -1.69. The molecule has 0 saturated heterocycles. The molecule has 0 rings (SSSR count). The van der Waals surface area contributed by atoms with Crippen molar-refractivity contribution in [1.82, 2.24) is 0 Å². The molecular weight excluding hydrogens is 86.1 g/mol. The Kier molecular flexibility index (Phi) is 3.29. The van der Waals surface area contributed by atoms with Gasteiger partial charge in [-0.15, -0.1) is 0 Å². The van der Waals surface area contributed by atoms with Crippen molar-refractivity contribution >= 4 is 6.21 Å². The van der Waals surface area contributed by atoms with Crippen LogP contribution >= 0.6 is 0 Å². The number of hydrogen-bond donors (Lipinski definition) is 1. The molecular formula is C6H11N. The summed E-state index contributed by atoms with van der Waals surface area (Å²) in [6, 6.07) is 0. The summed E-state index contributed by atoms with van der Waals surface area (Å²) < 4.78 is 0. The van der Waals surface area contributed by atoms with Gasteiger partial charge in [-0.05, 0) is 19.4 Å². The molecule has 1 N–H and O–H groups in total. The molecule has 0 spiro atoms. The molecule has 1 nitrogen and oxygen atoms in total. The van der Waals surface area contributed by atoms with Crippen LogP contribution in [0.1, 0.15) is 20.3 Å². The van der Waals surface area contributed by atoms with E-state index < -0.39 is 0 Å². The van der Waals surface area contributed by atoms with E-state index in [1.165, 1.54) is 11.8 Å². The second-order valence-corrected chi connectivity index (χ2v) is 1.53. The molecule has 0 heterocycles. The summed E-state index contributed by atoms with van der Waals surface area (Å²) in [6.45, 7) is 4.10. The molecule has 1 heteroatoms. The summed E-state index contributed by atoms with van der Waals surface area (Å²) >= 11 is 0. The molecule has 0 aromatic rings. The van der Waals surface area contributed by atoms with Crippen LogP contribution in [0.15, 0.2) is 11.6 Å². The Morgan fingerprint density at radius 2 is 2.29 bits per heavy atom. The van der Waals surface area contributed by atoms with Gasteiger partial charge in [0.05, 0.1) is 0 Å². The van der Waals surface area contributed by atoms with Gasteiger partial charge in [-0.25, -0.2) is 0 Å². The van der Waals surface area contributed by atoms with Crippen LogP contribution in [0.25, 0.3) is 0 Å². The third-order valence-electron chi connectivity index (χ3n) is 0.926. The molecule has 0 unspecified atom stereocenters. The first-order valence-electron chi connectivity index (χ1n) is 2.47. The van der Waals surface area contributed by atoms with Crippen LogP contribution in [0.3, 0.4) is 0 Å². The Labute approximate surface area is 44.6 Å². The first-order valence-corrected chi connectivity index (χ1v) is 2.47. The van der Waals surface area contributed by atoms with E-state index in [1.807, 2.05) is 6.92 Å². The summed E-state index contributed by atoms with van der Waals surface area (Å²) in [4.78, 5) is 0. The van der Waals surface area contributed by atoms with Crippen molar-refractivity contribution in [2.24, 2.45) is 0 Å². The van der Waals surface area contributed by atoms with Crippen molar-refractivity contribution < 1.29 is 0 Å². The van der Waals surface area contributed by atoms with E-state index in [-0.39, 0.29) is 0 Å². The summed E-state index contributed by atoms with van der Waals surface area (Å²) in [5.74, 6) is 0. The minimum Gasteiger partial charge on any atom is -0.309 e. The fraction of sp³-hybridized carbons (Fsp3) is 0.500. The third-order valence-corrected chi connectivity index (χ3v) is 0.926. The molecule has 40 valence electrons. The normalized spacial score (nSPS) is 11.4. The number of rotatable bonds is 2. The Bertz CT molecular complexity index is 82.2. The molecule has 0 aliphatic carbocycles. The summed E-state index contributed by atoms with van der Waals surface area (Å²) in [7, 11) is 0. The van der Waals surface area contributed by atoms with E-state index >= 15 is 0 Å². The largest absolute Gasteiger partial charge is 0.309 e. The highest BCUT2D eigenvalue weighted by Crippen LogP contribution is 1.93. The van der Waals surface area contributed by atoms with Gasteiger partial charge >= 0.3 is 0 Å². The van der Waals surface area contributed by atoms with Gasteiger partial charge in [0.2, 0.25) is 0 Å². The Morgan fingerprint density at radius 3 is 2.43 bits per heavy atom. The molecule has 0 amide bonds. The topological polar surface area (TPSA) is 23.9 Å². The molecule has 0 aliphatic heterocycles. The van der Waals surface area contributed by atoms with Crippen molar-refractivity contribution in [2.75, 3.05) is 0 Å². The zero-order valence-electron chi connectivity index (χ0n) is 4.86. The molecule has 0 aromatic carbocycles. The van der Waals surface area contributed by atoms with Crippen LogP contribution in [-0.4, -0.2) is 6.21 Å². The Hall–Kier alpha value is -0.590. The van der Waals surface area contributed by atoms with Crippen molar-refractivity contribution in [3.05, 3.63) is 11.6 Å². The van der Waals surface area contributed by atoms with Crippen LogP contribution < -0.4 is 0 Å². The first kappa shape index (κ1) is 6.41. The lowest BCUT2D eigenvalue weighted by molar-refractivity contribution is 1.10. The maximum absolute atomic E-state index is 6.64. The van der Waals surface area contributed by atoms with Crippen molar-refractivity contribution in [1.29, 1.82) is 5.41 Å². The molecule has 0 radical (unpaired) electrons. The van der Waals surface area contributed by atoms with E-state index in [9.17, 15) is 0 Å². The average Bonchev–Trinajstić information content (AvgIpc) is 1.68. The van der Waals surface area contributed by atoms with Gasteiger partial charge in [-0.3, -0.25) is 0 Å².